The first-order chi connectivity index (χ1) is 15.9. The predicted molar refractivity (Wildman–Crippen MR) is 122 cm³/mol. The van der Waals surface area contributed by atoms with Gasteiger partial charge in [0.1, 0.15) is 0 Å². The zero-order valence-corrected chi connectivity index (χ0v) is 19.1. The minimum absolute atomic E-state index is 0.0548. The van der Waals surface area contributed by atoms with E-state index in [1.165, 1.54) is 18.2 Å². The third-order valence-corrected chi connectivity index (χ3v) is 5.95. The predicted octanol–water partition coefficient (Wildman–Crippen LogP) is 4.87. The molecule has 3 aromatic rings. The SMILES string of the molecule is Cc1nn(-c2ccc(C(=O)NCc3cccc(C(F)(F)F)c3)cc2N)c2c1C(=O)CC(C)(C)C2. The number of amides is 1. The molecule has 0 fully saturated rings. The van der Waals surface area contributed by atoms with Crippen LogP contribution in [0.3, 0.4) is 0 Å². The number of hydrogen-bond donors (Lipinski definition) is 2. The second-order valence-corrected chi connectivity index (χ2v) is 9.41. The first kappa shape index (κ1) is 23.5. The Hall–Kier alpha value is -3.62. The molecule has 3 N–H and O–H groups in total. The Bertz CT molecular complexity index is 1290. The van der Waals surface area contributed by atoms with Gasteiger partial charge in [0.05, 0.1) is 33.9 Å². The number of alkyl halides is 3. The van der Waals surface area contributed by atoms with Gasteiger partial charge in [0, 0.05) is 18.5 Å². The minimum atomic E-state index is -4.45. The van der Waals surface area contributed by atoms with Gasteiger partial charge >= 0.3 is 6.18 Å². The van der Waals surface area contributed by atoms with Crippen molar-refractivity contribution in [2.45, 2.75) is 46.3 Å². The molecular weight excluding hydrogens is 445 g/mol. The van der Waals surface area contributed by atoms with E-state index < -0.39 is 17.6 Å². The van der Waals surface area contributed by atoms with Crippen LogP contribution in [0, 0.1) is 12.3 Å². The highest BCUT2D eigenvalue weighted by Crippen LogP contribution is 2.37. The molecule has 0 radical (unpaired) electrons. The molecule has 0 saturated heterocycles. The van der Waals surface area contributed by atoms with Gasteiger partial charge in [0.2, 0.25) is 0 Å². The fourth-order valence-corrected chi connectivity index (χ4v) is 4.37. The Balaban J connectivity index is 1.55. The number of Topliss-reactive ketones (excluding diaryl/α,β-unsaturated/α-hetero) is 1. The number of carbonyl (C=O) groups excluding carboxylic acids is 2. The van der Waals surface area contributed by atoms with Crippen molar-refractivity contribution in [2.24, 2.45) is 5.41 Å². The average molecular weight is 470 g/mol. The van der Waals surface area contributed by atoms with Gasteiger partial charge in [-0.3, -0.25) is 9.59 Å². The zero-order valence-electron chi connectivity index (χ0n) is 19.1. The molecule has 1 aromatic heterocycles. The lowest BCUT2D eigenvalue weighted by Gasteiger charge is -2.29. The lowest BCUT2D eigenvalue weighted by molar-refractivity contribution is -0.137. The van der Waals surface area contributed by atoms with Gasteiger partial charge in [-0.1, -0.05) is 26.0 Å². The van der Waals surface area contributed by atoms with E-state index in [0.29, 0.717) is 41.0 Å². The molecule has 1 aliphatic rings. The number of aromatic nitrogens is 2. The van der Waals surface area contributed by atoms with Crippen molar-refractivity contribution in [3.63, 3.8) is 0 Å². The molecule has 0 spiro atoms. The summed E-state index contributed by atoms with van der Waals surface area (Å²) in [6, 6.07) is 9.53. The summed E-state index contributed by atoms with van der Waals surface area (Å²) in [5, 5.41) is 7.16. The zero-order chi connectivity index (χ0) is 24.8. The Kier molecular flexibility index (Phi) is 5.75. The normalized spacial score (nSPS) is 15.2. The molecule has 0 bridgehead atoms. The highest BCUT2D eigenvalue weighted by molar-refractivity contribution is 6.00. The van der Waals surface area contributed by atoms with Crippen molar-refractivity contribution in [3.05, 3.63) is 76.1 Å². The van der Waals surface area contributed by atoms with Crippen LogP contribution in [-0.4, -0.2) is 21.5 Å². The van der Waals surface area contributed by atoms with Crippen molar-refractivity contribution in [1.29, 1.82) is 0 Å². The number of rotatable bonds is 4. The number of aryl methyl sites for hydroxylation is 1. The minimum Gasteiger partial charge on any atom is -0.397 e. The van der Waals surface area contributed by atoms with Crippen molar-refractivity contribution in [3.8, 4) is 5.69 Å². The number of nitrogens with two attached hydrogens (primary N) is 1. The van der Waals surface area contributed by atoms with E-state index in [2.05, 4.69) is 10.4 Å². The van der Waals surface area contributed by atoms with Crippen LogP contribution in [0.1, 0.15) is 63.5 Å². The van der Waals surface area contributed by atoms with E-state index >= 15 is 0 Å². The largest absolute Gasteiger partial charge is 0.416 e. The summed E-state index contributed by atoms with van der Waals surface area (Å²) in [6.45, 7) is 5.79. The van der Waals surface area contributed by atoms with Crippen molar-refractivity contribution in [1.82, 2.24) is 15.1 Å². The second-order valence-electron chi connectivity index (χ2n) is 9.41. The van der Waals surface area contributed by atoms with Crippen molar-refractivity contribution in [2.75, 3.05) is 5.73 Å². The third-order valence-electron chi connectivity index (χ3n) is 5.95. The summed E-state index contributed by atoms with van der Waals surface area (Å²) in [7, 11) is 0. The maximum atomic E-state index is 12.9. The number of benzene rings is 2. The smallest absolute Gasteiger partial charge is 0.397 e. The number of nitrogens with one attached hydrogen (secondary N) is 1. The lowest BCUT2D eigenvalue weighted by atomic mass is 9.75. The summed E-state index contributed by atoms with van der Waals surface area (Å²) in [5.74, 6) is -0.412. The van der Waals surface area contributed by atoms with Gasteiger partial charge in [0.25, 0.3) is 5.91 Å². The van der Waals surface area contributed by atoms with Crippen LogP contribution in [0.2, 0.25) is 0 Å². The molecule has 34 heavy (non-hydrogen) atoms. The third kappa shape index (κ3) is 4.55. The highest BCUT2D eigenvalue weighted by Gasteiger charge is 2.36. The highest BCUT2D eigenvalue weighted by atomic mass is 19.4. The fourth-order valence-electron chi connectivity index (χ4n) is 4.37. The van der Waals surface area contributed by atoms with E-state index in [0.717, 1.165) is 17.8 Å². The van der Waals surface area contributed by atoms with Crippen molar-refractivity contribution >= 4 is 17.4 Å². The number of nitrogen functional groups attached to an aromatic ring is 1. The summed E-state index contributed by atoms with van der Waals surface area (Å²) >= 11 is 0. The maximum absolute atomic E-state index is 12.9. The number of nitrogens with zero attached hydrogens (tertiary/aromatic N) is 2. The van der Waals surface area contributed by atoms with Crippen LogP contribution in [-0.2, 0) is 19.1 Å². The summed E-state index contributed by atoms with van der Waals surface area (Å²) in [4.78, 5) is 25.3. The number of hydrogen-bond acceptors (Lipinski definition) is 4. The summed E-state index contributed by atoms with van der Waals surface area (Å²) in [6.07, 6.45) is -3.34. The number of halogens is 3. The van der Waals surface area contributed by atoms with E-state index in [9.17, 15) is 22.8 Å². The molecule has 9 heteroatoms. The van der Waals surface area contributed by atoms with E-state index in [4.69, 9.17) is 5.73 Å². The molecule has 1 heterocycles. The standard InChI is InChI=1S/C25H25F3N4O2/c1-14-22-20(11-24(2,3)12-21(22)33)32(31-14)19-8-7-16(10-18(19)29)23(34)30-13-15-5-4-6-17(9-15)25(26,27)28/h4-10H,11-13,29H2,1-3H3,(H,30,34). The molecule has 0 aliphatic heterocycles. The number of anilines is 1. The molecule has 0 unspecified atom stereocenters. The van der Waals surface area contributed by atoms with E-state index in [1.54, 1.807) is 23.7 Å². The van der Waals surface area contributed by atoms with E-state index in [-0.39, 0.29) is 23.3 Å². The molecule has 2 aromatic carbocycles. The molecule has 1 amide bonds. The Morgan fingerprint density at radius 1 is 1.18 bits per heavy atom. The van der Waals surface area contributed by atoms with Gasteiger partial charge in [-0.05, 0) is 54.7 Å². The molecule has 1 aliphatic carbocycles. The number of ketones is 1. The molecule has 0 saturated carbocycles. The van der Waals surface area contributed by atoms with Crippen LogP contribution in [0.5, 0.6) is 0 Å². The van der Waals surface area contributed by atoms with E-state index in [1.807, 2.05) is 13.8 Å². The quantitative estimate of drug-likeness (QED) is 0.533. The van der Waals surface area contributed by atoms with Gasteiger partial charge < -0.3 is 11.1 Å². The van der Waals surface area contributed by atoms with Gasteiger partial charge in [-0.15, -0.1) is 0 Å². The maximum Gasteiger partial charge on any atom is 0.416 e. The van der Waals surface area contributed by atoms with Crippen LogP contribution < -0.4 is 11.1 Å². The van der Waals surface area contributed by atoms with Gasteiger partial charge in [0.15, 0.2) is 5.78 Å². The number of carbonyl (C=O) groups is 2. The Morgan fingerprint density at radius 2 is 1.91 bits per heavy atom. The molecule has 178 valence electrons. The summed E-state index contributed by atoms with van der Waals surface area (Å²) in [5.41, 5.74) is 8.81. The lowest BCUT2D eigenvalue weighted by Crippen LogP contribution is -2.28. The van der Waals surface area contributed by atoms with Gasteiger partial charge in [-0.25, -0.2) is 4.68 Å². The first-order valence-electron chi connectivity index (χ1n) is 10.8. The van der Waals surface area contributed by atoms with Crippen LogP contribution >= 0.6 is 0 Å². The fraction of sp³-hybridized carbons (Fsp3) is 0.320. The number of fused-ring (bicyclic) bond motifs is 1. The molecule has 6 nitrogen and oxygen atoms in total. The Morgan fingerprint density at radius 3 is 2.59 bits per heavy atom. The summed E-state index contributed by atoms with van der Waals surface area (Å²) < 4.78 is 40.4. The topological polar surface area (TPSA) is 90.0 Å². The van der Waals surface area contributed by atoms with Gasteiger partial charge in [-0.2, -0.15) is 18.3 Å². The average Bonchev–Trinajstić information content (AvgIpc) is 3.06. The van der Waals surface area contributed by atoms with Crippen LogP contribution in [0.4, 0.5) is 18.9 Å². The monoisotopic (exact) mass is 470 g/mol. The first-order valence-corrected chi connectivity index (χ1v) is 10.8. The molecular formula is C25H25F3N4O2. The Labute approximate surface area is 195 Å². The van der Waals surface area contributed by atoms with Crippen LogP contribution in [0.15, 0.2) is 42.5 Å². The van der Waals surface area contributed by atoms with Crippen LogP contribution in [0.25, 0.3) is 5.69 Å². The molecule has 0 atom stereocenters. The second kappa shape index (κ2) is 8.30. The molecule has 4 rings (SSSR count). The van der Waals surface area contributed by atoms with Crippen molar-refractivity contribution < 1.29 is 22.8 Å².